The maximum atomic E-state index is 13.8. The van der Waals surface area contributed by atoms with Crippen molar-refractivity contribution in [2.45, 2.75) is 26.7 Å². The normalized spacial score (nSPS) is 10.9. The summed E-state index contributed by atoms with van der Waals surface area (Å²) < 4.78 is 1.63. The van der Waals surface area contributed by atoms with E-state index in [9.17, 15) is 4.79 Å². The van der Waals surface area contributed by atoms with E-state index in [-0.39, 0.29) is 6.03 Å². The molecule has 0 aliphatic heterocycles. The molecule has 1 amide bonds. The maximum Gasteiger partial charge on any atom is 0.339 e. The fourth-order valence-corrected chi connectivity index (χ4v) is 3.61. The molecular formula is C24H23N3O. The number of aryl methyl sites for hydroxylation is 2. The molecule has 0 radical (unpaired) electrons. The molecule has 140 valence electrons. The number of amides is 1. The zero-order valence-corrected chi connectivity index (χ0v) is 16.2. The van der Waals surface area contributed by atoms with E-state index >= 15 is 0 Å². The van der Waals surface area contributed by atoms with E-state index in [4.69, 9.17) is 0 Å². The lowest BCUT2D eigenvalue weighted by molar-refractivity contribution is 0.250. The molecule has 4 nitrogen and oxygen atoms in total. The number of hydrogen-bond donors (Lipinski definition) is 0. The molecule has 0 fully saturated rings. The highest BCUT2D eigenvalue weighted by Crippen LogP contribution is 2.33. The van der Waals surface area contributed by atoms with Crippen molar-refractivity contribution in [2.75, 3.05) is 4.90 Å². The van der Waals surface area contributed by atoms with E-state index in [0.29, 0.717) is 0 Å². The zero-order valence-electron chi connectivity index (χ0n) is 16.2. The van der Waals surface area contributed by atoms with Crippen molar-refractivity contribution in [2.24, 2.45) is 0 Å². The van der Waals surface area contributed by atoms with Crippen LogP contribution in [0.2, 0.25) is 0 Å². The summed E-state index contributed by atoms with van der Waals surface area (Å²) in [5.74, 6) is 0. The van der Waals surface area contributed by atoms with E-state index in [1.807, 2.05) is 65.6 Å². The molecule has 0 N–H and O–H groups in total. The molecule has 0 spiro atoms. The number of para-hydroxylation sites is 4. The van der Waals surface area contributed by atoms with Crippen molar-refractivity contribution >= 4 is 28.4 Å². The summed E-state index contributed by atoms with van der Waals surface area (Å²) in [4.78, 5) is 20.0. The smallest absolute Gasteiger partial charge is 0.262 e. The van der Waals surface area contributed by atoms with Gasteiger partial charge in [-0.1, -0.05) is 62.4 Å². The highest BCUT2D eigenvalue weighted by Gasteiger charge is 2.24. The molecule has 28 heavy (non-hydrogen) atoms. The second kappa shape index (κ2) is 7.69. The van der Waals surface area contributed by atoms with Crippen LogP contribution >= 0.6 is 0 Å². The summed E-state index contributed by atoms with van der Waals surface area (Å²) in [6, 6.07) is 23.8. The molecule has 4 rings (SSSR count). The van der Waals surface area contributed by atoms with Gasteiger partial charge in [0.05, 0.1) is 22.4 Å². The SMILES string of the molecule is CCc1ccccc1N(C(=O)n1cnc2ccccc21)c1ccccc1CC. The number of fused-ring (bicyclic) bond motifs is 1. The Labute approximate surface area is 165 Å². The van der Waals surface area contributed by atoms with E-state index in [2.05, 4.69) is 31.0 Å². The van der Waals surface area contributed by atoms with Crippen LogP contribution in [0.3, 0.4) is 0 Å². The molecule has 0 saturated heterocycles. The first-order valence-electron chi connectivity index (χ1n) is 9.67. The number of rotatable bonds is 4. The van der Waals surface area contributed by atoms with Crippen LogP contribution < -0.4 is 4.90 Å². The van der Waals surface area contributed by atoms with Gasteiger partial charge in [-0.3, -0.25) is 4.90 Å². The Balaban J connectivity index is 1.94. The van der Waals surface area contributed by atoms with Crippen LogP contribution in [-0.4, -0.2) is 15.6 Å². The van der Waals surface area contributed by atoms with Crippen molar-refractivity contribution in [3.05, 3.63) is 90.3 Å². The minimum absolute atomic E-state index is 0.129. The van der Waals surface area contributed by atoms with Gasteiger partial charge in [0, 0.05) is 0 Å². The number of nitrogens with zero attached hydrogens (tertiary/aromatic N) is 3. The highest BCUT2D eigenvalue weighted by atomic mass is 16.2. The lowest BCUT2D eigenvalue weighted by atomic mass is 10.1. The molecular weight excluding hydrogens is 346 g/mol. The van der Waals surface area contributed by atoms with Gasteiger partial charge in [0.25, 0.3) is 0 Å². The molecule has 0 unspecified atom stereocenters. The van der Waals surface area contributed by atoms with E-state index < -0.39 is 0 Å². The number of aromatic nitrogens is 2. The van der Waals surface area contributed by atoms with Gasteiger partial charge in [-0.15, -0.1) is 0 Å². The Kier molecular flexibility index (Phi) is 4.94. The number of imidazole rings is 1. The van der Waals surface area contributed by atoms with Gasteiger partial charge in [0.1, 0.15) is 6.33 Å². The Morgan fingerprint density at radius 3 is 1.96 bits per heavy atom. The van der Waals surface area contributed by atoms with Crippen LogP contribution in [0, 0.1) is 0 Å². The van der Waals surface area contributed by atoms with Crippen LogP contribution in [0.5, 0.6) is 0 Å². The average Bonchev–Trinajstić information content (AvgIpc) is 3.19. The molecule has 0 atom stereocenters. The van der Waals surface area contributed by atoms with Crippen molar-refractivity contribution in [3.63, 3.8) is 0 Å². The standard InChI is InChI=1S/C24H23N3O/c1-3-18-11-5-8-14-21(18)27(22-15-9-6-12-19(22)4-2)24(28)26-17-25-20-13-7-10-16-23(20)26/h5-17H,3-4H2,1-2H3. The molecule has 0 saturated carbocycles. The number of hydrogen-bond acceptors (Lipinski definition) is 2. The largest absolute Gasteiger partial charge is 0.339 e. The molecule has 3 aromatic carbocycles. The molecule has 0 aliphatic carbocycles. The predicted octanol–water partition coefficient (Wildman–Crippen LogP) is 5.97. The minimum Gasteiger partial charge on any atom is -0.262 e. The summed E-state index contributed by atoms with van der Waals surface area (Å²) in [5, 5.41) is 0. The quantitative estimate of drug-likeness (QED) is 0.445. The zero-order chi connectivity index (χ0) is 19.5. The van der Waals surface area contributed by atoms with Crippen molar-refractivity contribution in [1.82, 2.24) is 9.55 Å². The Hall–Kier alpha value is -3.40. The minimum atomic E-state index is -0.129. The lowest BCUT2D eigenvalue weighted by Gasteiger charge is -2.27. The van der Waals surface area contributed by atoms with Crippen LogP contribution in [0.4, 0.5) is 16.2 Å². The maximum absolute atomic E-state index is 13.8. The monoisotopic (exact) mass is 369 g/mol. The lowest BCUT2D eigenvalue weighted by Crippen LogP contribution is -2.31. The van der Waals surface area contributed by atoms with Gasteiger partial charge >= 0.3 is 6.03 Å². The molecule has 4 heteroatoms. The molecule has 0 bridgehead atoms. The molecule has 0 aliphatic rings. The summed E-state index contributed by atoms with van der Waals surface area (Å²) in [6.45, 7) is 4.22. The van der Waals surface area contributed by atoms with Crippen LogP contribution in [-0.2, 0) is 12.8 Å². The predicted molar refractivity (Wildman–Crippen MR) is 114 cm³/mol. The third kappa shape index (κ3) is 3.07. The number of benzene rings is 3. The topological polar surface area (TPSA) is 38.1 Å². The highest BCUT2D eigenvalue weighted by molar-refractivity contribution is 6.05. The van der Waals surface area contributed by atoms with Gasteiger partial charge in [-0.25, -0.2) is 14.3 Å². The summed E-state index contributed by atoms with van der Waals surface area (Å²) in [7, 11) is 0. The number of carbonyl (C=O) groups is 1. The molecule has 1 aromatic heterocycles. The first-order chi connectivity index (χ1) is 13.7. The molecule has 4 aromatic rings. The van der Waals surface area contributed by atoms with Gasteiger partial charge in [-0.05, 0) is 48.2 Å². The second-order valence-electron chi connectivity index (χ2n) is 6.69. The fraction of sp³-hybridized carbons (Fsp3) is 0.167. The fourth-order valence-electron chi connectivity index (χ4n) is 3.61. The van der Waals surface area contributed by atoms with Gasteiger partial charge < -0.3 is 0 Å². The third-order valence-corrected chi connectivity index (χ3v) is 5.08. The second-order valence-corrected chi connectivity index (χ2v) is 6.69. The summed E-state index contributed by atoms with van der Waals surface area (Å²) in [6.07, 6.45) is 3.31. The Morgan fingerprint density at radius 2 is 1.36 bits per heavy atom. The molecule has 1 heterocycles. The third-order valence-electron chi connectivity index (χ3n) is 5.08. The number of carbonyl (C=O) groups excluding carboxylic acids is 1. The van der Waals surface area contributed by atoms with Gasteiger partial charge in [0.15, 0.2) is 0 Å². The van der Waals surface area contributed by atoms with Crippen LogP contribution in [0.1, 0.15) is 25.0 Å². The summed E-state index contributed by atoms with van der Waals surface area (Å²) in [5.41, 5.74) is 5.70. The van der Waals surface area contributed by atoms with Gasteiger partial charge in [0.2, 0.25) is 0 Å². The Bertz CT molecular complexity index is 1080. The van der Waals surface area contributed by atoms with Gasteiger partial charge in [-0.2, -0.15) is 0 Å². The number of anilines is 2. The average molecular weight is 369 g/mol. The Morgan fingerprint density at radius 1 is 0.821 bits per heavy atom. The van der Waals surface area contributed by atoms with E-state index in [1.54, 1.807) is 10.9 Å². The van der Waals surface area contributed by atoms with Crippen molar-refractivity contribution in [1.29, 1.82) is 0 Å². The van der Waals surface area contributed by atoms with Crippen molar-refractivity contribution in [3.8, 4) is 0 Å². The van der Waals surface area contributed by atoms with Crippen LogP contribution in [0.25, 0.3) is 11.0 Å². The van der Waals surface area contributed by atoms with E-state index in [1.165, 1.54) is 0 Å². The van der Waals surface area contributed by atoms with Crippen molar-refractivity contribution < 1.29 is 4.79 Å². The first kappa shape index (κ1) is 18.0. The summed E-state index contributed by atoms with van der Waals surface area (Å²) >= 11 is 0. The first-order valence-corrected chi connectivity index (χ1v) is 9.67. The van der Waals surface area contributed by atoms with Crippen LogP contribution in [0.15, 0.2) is 79.1 Å². The van der Waals surface area contributed by atoms with E-state index in [0.717, 1.165) is 46.4 Å².